The fraction of sp³-hybridized carbons (Fsp3) is 0.160. The van der Waals surface area contributed by atoms with Gasteiger partial charge in [-0.1, -0.05) is 60.1 Å². The third-order valence-electron chi connectivity index (χ3n) is 5.43. The molecule has 6 nitrogen and oxygen atoms in total. The molecule has 0 bridgehead atoms. The quantitative estimate of drug-likeness (QED) is 0.444. The van der Waals surface area contributed by atoms with Crippen LogP contribution in [0.25, 0.3) is 0 Å². The zero-order valence-corrected chi connectivity index (χ0v) is 19.7. The topological polar surface area (TPSA) is 57.5 Å². The van der Waals surface area contributed by atoms with Crippen LogP contribution in [0.15, 0.2) is 89.1 Å². The first-order valence-corrected chi connectivity index (χ1v) is 11.7. The van der Waals surface area contributed by atoms with Crippen LogP contribution in [0.2, 0.25) is 5.02 Å². The smallest absolute Gasteiger partial charge is 0.365 e. The van der Waals surface area contributed by atoms with Crippen LogP contribution < -0.4 is 10.0 Å². The van der Waals surface area contributed by atoms with Gasteiger partial charge in [0.05, 0.1) is 23.7 Å². The minimum absolute atomic E-state index is 0.252. The van der Waals surface area contributed by atoms with Crippen molar-refractivity contribution in [2.75, 3.05) is 16.6 Å². The minimum atomic E-state index is -0.996. The molecule has 2 aliphatic rings. The van der Waals surface area contributed by atoms with Crippen LogP contribution >= 0.6 is 23.4 Å². The highest BCUT2D eigenvalue weighted by Crippen LogP contribution is 2.54. The lowest BCUT2D eigenvalue weighted by Crippen LogP contribution is -2.53. The molecule has 0 unspecified atom stereocenters. The molecule has 3 aromatic rings. The molecule has 5 rings (SSSR count). The molecule has 0 saturated heterocycles. The number of para-hydroxylation sites is 1. The summed E-state index contributed by atoms with van der Waals surface area (Å²) in [6.07, 6.45) is 0. The standard InChI is InChI=1S/C25H21ClN4O2S/c1-3-32-24(31)23-28-30(20-13-9-10-18(26)16-20)25(33-23)22-15-8-7-14-21(22)17(2)27-29(25)19-11-5-4-6-12-19/h4-16H,3H2,1-2H3/t25-/m1/s1. The van der Waals surface area contributed by atoms with Crippen molar-refractivity contribution in [3.05, 3.63) is 95.0 Å². The molecule has 0 fully saturated rings. The number of hydrogen-bond acceptors (Lipinski definition) is 7. The number of carbonyl (C=O) groups excluding carboxylic acids is 1. The van der Waals surface area contributed by atoms with E-state index in [2.05, 4.69) is 6.07 Å². The second-order valence-electron chi connectivity index (χ2n) is 7.51. The van der Waals surface area contributed by atoms with E-state index in [1.165, 1.54) is 11.8 Å². The summed E-state index contributed by atoms with van der Waals surface area (Å²) in [4.78, 5) is 11.9. The van der Waals surface area contributed by atoms with Crippen molar-refractivity contribution in [3.8, 4) is 0 Å². The Morgan fingerprint density at radius 1 is 0.970 bits per heavy atom. The van der Waals surface area contributed by atoms with E-state index in [1.54, 1.807) is 6.92 Å². The number of hydrazone groups is 2. The van der Waals surface area contributed by atoms with Crippen molar-refractivity contribution in [2.45, 2.75) is 18.8 Å². The molecule has 3 aromatic carbocycles. The van der Waals surface area contributed by atoms with Crippen LogP contribution in [0.3, 0.4) is 0 Å². The fourth-order valence-electron chi connectivity index (χ4n) is 4.05. The first-order chi connectivity index (χ1) is 16.0. The highest BCUT2D eigenvalue weighted by molar-refractivity contribution is 8.16. The maximum absolute atomic E-state index is 12.9. The van der Waals surface area contributed by atoms with E-state index in [0.29, 0.717) is 5.02 Å². The van der Waals surface area contributed by atoms with E-state index < -0.39 is 11.0 Å². The summed E-state index contributed by atoms with van der Waals surface area (Å²) in [5.41, 5.74) is 4.43. The Hall–Kier alpha value is -3.29. The lowest BCUT2D eigenvalue weighted by atomic mass is 9.98. The number of hydrogen-bond donors (Lipinski definition) is 0. The molecule has 8 heteroatoms. The number of nitrogens with zero attached hydrogens (tertiary/aromatic N) is 4. The average Bonchev–Trinajstić information content (AvgIpc) is 3.24. The number of anilines is 2. The number of halogens is 1. The summed E-state index contributed by atoms with van der Waals surface area (Å²) in [6.45, 7) is 4.03. The summed E-state index contributed by atoms with van der Waals surface area (Å²) < 4.78 is 5.32. The van der Waals surface area contributed by atoms with Crippen molar-refractivity contribution in [3.63, 3.8) is 0 Å². The number of ether oxygens (including phenoxy) is 1. The van der Waals surface area contributed by atoms with Gasteiger partial charge in [-0.15, -0.1) is 0 Å². The number of carbonyl (C=O) groups is 1. The van der Waals surface area contributed by atoms with Gasteiger partial charge in [-0.25, -0.2) is 14.8 Å². The SMILES string of the molecule is CCOC(=O)C1=NN(c2cccc(Cl)c2)[C@@]2(S1)c1ccccc1C(C)=NN2c1ccccc1. The molecule has 0 aliphatic carbocycles. The zero-order valence-electron chi connectivity index (χ0n) is 18.1. The Labute approximate surface area is 201 Å². The molecule has 0 radical (unpaired) electrons. The van der Waals surface area contributed by atoms with Gasteiger partial charge in [0, 0.05) is 16.1 Å². The number of rotatable bonds is 4. The Bertz CT molecular complexity index is 1280. The third kappa shape index (κ3) is 3.57. The van der Waals surface area contributed by atoms with Gasteiger partial charge in [0.15, 0.2) is 0 Å². The highest BCUT2D eigenvalue weighted by atomic mass is 35.5. The first kappa shape index (κ1) is 21.6. The third-order valence-corrected chi connectivity index (χ3v) is 6.95. The second-order valence-corrected chi connectivity index (χ2v) is 9.10. The van der Waals surface area contributed by atoms with Crippen molar-refractivity contribution >= 4 is 51.5 Å². The molecule has 1 atom stereocenters. The molecule has 33 heavy (non-hydrogen) atoms. The van der Waals surface area contributed by atoms with Gasteiger partial charge < -0.3 is 4.74 Å². The van der Waals surface area contributed by atoms with Crippen molar-refractivity contribution in [1.82, 2.24) is 0 Å². The van der Waals surface area contributed by atoms with Crippen LogP contribution in [0.4, 0.5) is 11.4 Å². The summed E-state index contributed by atoms with van der Waals surface area (Å²) in [6, 6.07) is 25.4. The molecule has 0 amide bonds. The van der Waals surface area contributed by atoms with Crippen LogP contribution in [-0.2, 0) is 14.5 Å². The maximum Gasteiger partial charge on any atom is 0.365 e. The van der Waals surface area contributed by atoms with Gasteiger partial charge >= 0.3 is 5.97 Å². The molecule has 2 aliphatic heterocycles. The Balaban J connectivity index is 1.79. The largest absolute Gasteiger partial charge is 0.461 e. The van der Waals surface area contributed by atoms with E-state index >= 15 is 0 Å². The average molecular weight is 477 g/mol. The predicted molar refractivity (Wildman–Crippen MR) is 135 cm³/mol. The van der Waals surface area contributed by atoms with Gasteiger partial charge in [-0.2, -0.15) is 10.2 Å². The molecule has 0 saturated carbocycles. The lowest BCUT2D eigenvalue weighted by Gasteiger charge is -2.46. The monoisotopic (exact) mass is 476 g/mol. The van der Waals surface area contributed by atoms with Crippen LogP contribution in [0, 0.1) is 0 Å². The summed E-state index contributed by atoms with van der Waals surface area (Å²) in [5.74, 6) is -0.469. The fourth-order valence-corrected chi connectivity index (χ4v) is 5.52. The van der Waals surface area contributed by atoms with Gasteiger partial charge in [0.1, 0.15) is 0 Å². The Morgan fingerprint density at radius 2 is 1.67 bits per heavy atom. The molecule has 0 N–H and O–H groups in total. The van der Waals surface area contributed by atoms with E-state index in [4.69, 9.17) is 26.5 Å². The number of thioether (sulfide) groups is 1. The van der Waals surface area contributed by atoms with Gasteiger partial charge in [0.25, 0.3) is 0 Å². The van der Waals surface area contributed by atoms with E-state index in [0.717, 1.165) is 28.2 Å². The van der Waals surface area contributed by atoms with Gasteiger partial charge in [-0.3, -0.25) is 0 Å². The Morgan fingerprint density at radius 3 is 2.42 bits per heavy atom. The predicted octanol–water partition coefficient (Wildman–Crippen LogP) is 5.82. The number of benzene rings is 3. The minimum Gasteiger partial charge on any atom is -0.461 e. The molecule has 166 valence electrons. The molecular weight excluding hydrogens is 456 g/mol. The highest BCUT2D eigenvalue weighted by Gasteiger charge is 2.56. The van der Waals surface area contributed by atoms with Crippen LogP contribution in [0.1, 0.15) is 25.0 Å². The van der Waals surface area contributed by atoms with E-state index in [-0.39, 0.29) is 11.7 Å². The lowest BCUT2D eigenvalue weighted by molar-refractivity contribution is -0.134. The van der Waals surface area contributed by atoms with Crippen molar-refractivity contribution < 1.29 is 9.53 Å². The first-order valence-electron chi connectivity index (χ1n) is 10.6. The maximum atomic E-state index is 12.9. The normalized spacial score (nSPS) is 19.2. The zero-order chi connectivity index (χ0) is 23.0. The van der Waals surface area contributed by atoms with E-state index in [1.807, 2.05) is 89.7 Å². The van der Waals surface area contributed by atoms with E-state index in [9.17, 15) is 4.79 Å². The summed E-state index contributed by atoms with van der Waals surface area (Å²) >= 11 is 7.68. The summed E-state index contributed by atoms with van der Waals surface area (Å²) in [7, 11) is 0. The molecule has 1 spiro atoms. The van der Waals surface area contributed by atoms with Crippen molar-refractivity contribution in [2.24, 2.45) is 10.2 Å². The second kappa shape index (κ2) is 8.57. The summed E-state index contributed by atoms with van der Waals surface area (Å²) in [5, 5.41) is 14.3. The van der Waals surface area contributed by atoms with Crippen LogP contribution in [-0.4, -0.2) is 23.3 Å². The van der Waals surface area contributed by atoms with Crippen molar-refractivity contribution in [1.29, 1.82) is 0 Å². The van der Waals surface area contributed by atoms with Crippen LogP contribution in [0.5, 0.6) is 0 Å². The molecule has 0 aromatic heterocycles. The Kier molecular flexibility index (Phi) is 5.60. The number of fused-ring (bicyclic) bond motifs is 2. The van der Waals surface area contributed by atoms with Gasteiger partial charge in [-0.05, 0) is 55.9 Å². The van der Waals surface area contributed by atoms with Gasteiger partial charge in [0.2, 0.25) is 10.0 Å². The number of esters is 1. The molecule has 2 heterocycles. The molecular formula is C25H21ClN4O2S.